The summed E-state index contributed by atoms with van der Waals surface area (Å²) in [6, 6.07) is 16.9. The zero-order valence-electron chi connectivity index (χ0n) is 13.1. The van der Waals surface area contributed by atoms with Crippen LogP contribution in [0.4, 0.5) is 0 Å². The van der Waals surface area contributed by atoms with E-state index in [0.29, 0.717) is 16.7 Å². The van der Waals surface area contributed by atoms with Gasteiger partial charge in [-0.05, 0) is 11.6 Å². The van der Waals surface area contributed by atoms with Crippen molar-refractivity contribution in [3.05, 3.63) is 71.1 Å². The second kappa shape index (κ2) is 7.27. The highest BCUT2D eigenvalue weighted by atomic mass is 35.5. The van der Waals surface area contributed by atoms with Crippen LogP contribution in [0.1, 0.15) is 11.5 Å². The van der Waals surface area contributed by atoms with E-state index in [1.165, 1.54) is 0 Å². The summed E-state index contributed by atoms with van der Waals surface area (Å²) in [7, 11) is 1.70. The molecule has 0 saturated carbocycles. The first-order chi connectivity index (χ1) is 11.6. The number of carbonyl (C=O) groups is 1. The molecule has 0 unspecified atom stereocenters. The molecule has 0 aliphatic heterocycles. The number of benzene rings is 2. The van der Waals surface area contributed by atoms with Crippen molar-refractivity contribution in [3.8, 4) is 11.4 Å². The quantitative estimate of drug-likeness (QED) is 0.711. The Hall–Kier alpha value is -2.66. The highest BCUT2D eigenvalue weighted by Gasteiger charge is 2.16. The fourth-order valence-corrected chi connectivity index (χ4v) is 2.46. The maximum Gasteiger partial charge on any atom is 0.246 e. The van der Waals surface area contributed by atoms with Crippen LogP contribution in [0, 0.1) is 0 Å². The molecule has 6 heteroatoms. The molecule has 2 aromatic carbocycles. The summed E-state index contributed by atoms with van der Waals surface area (Å²) in [6.07, 6.45) is 0.232. The van der Waals surface area contributed by atoms with Crippen molar-refractivity contribution in [2.75, 3.05) is 7.05 Å². The number of carbonyl (C=O) groups excluding carboxylic acids is 1. The average molecular weight is 342 g/mol. The minimum absolute atomic E-state index is 0.0671. The molecule has 0 spiro atoms. The zero-order valence-corrected chi connectivity index (χ0v) is 13.9. The van der Waals surface area contributed by atoms with Gasteiger partial charge in [-0.25, -0.2) is 0 Å². The van der Waals surface area contributed by atoms with Crippen LogP contribution in [0.25, 0.3) is 11.4 Å². The molecule has 24 heavy (non-hydrogen) atoms. The van der Waals surface area contributed by atoms with Crippen LogP contribution in [0.5, 0.6) is 0 Å². The van der Waals surface area contributed by atoms with Gasteiger partial charge in [0.15, 0.2) is 0 Å². The van der Waals surface area contributed by atoms with Gasteiger partial charge in [0.25, 0.3) is 0 Å². The van der Waals surface area contributed by atoms with Crippen LogP contribution in [-0.4, -0.2) is 28.0 Å². The summed E-state index contributed by atoms with van der Waals surface area (Å²) < 4.78 is 5.23. The van der Waals surface area contributed by atoms with Crippen molar-refractivity contribution < 1.29 is 9.32 Å². The lowest BCUT2D eigenvalue weighted by Crippen LogP contribution is -2.27. The first-order valence-electron chi connectivity index (χ1n) is 7.49. The summed E-state index contributed by atoms with van der Waals surface area (Å²) in [5.74, 6) is 0.837. The molecule has 3 aromatic rings. The topological polar surface area (TPSA) is 59.2 Å². The van der Waals surface area contributed by atoms with Crippen LogP contribution in [0.15, 0.2) is 59.1 Å². The average Bonchev–Trinajstić information content (AvgIpc) is 3.06. The van der Waals surface area contributed by atoms with Gasteiger partial charge < -0.3 is 9.42 Å². The van der Waals surface area contributed by atoms with Gasteiger partial charge in [-0.3, -0.25) is 4.79 Å². The van der Waals surface area contributed by atoms with E-state index in [9.17, 15) is 4.79 Å². The number of rotatable bonds is 5. The highest BCUT2D eigenvalue weighted by Crippen LogP contribution is 2.18. The van der Waals surface area contributed by atoms with E-state index < -0.39 is 0 Å². The van der Waals surface area contributed by atoms with Crippen molar-refractivity contribution in [3.63, 3.8) is 0 Å². The number of likely N-dealkylation sites (N-methyl/N-ethyl adjacent to an activating group) is 1. The van der Waals surface area contributed by atoms with Crippen molar-refractivity contribution in [2.24, 2.45) is 0 Å². The van der Waals surface area contributed by atoms with Gasteiger partial charge in [-0.2, -0.15) is 4.98 Å². The van der Waals surface area contributed by atoms with Gasteiger partial charge in [-0.1, -0.05) is 65.3 Å². The van der Waals surface area contributed by atoms with Crippen molar-refractivity contribution >= 4 is 17.5 Å². The van der Waals surface area contributed by atoms with Crippen LogP contribution in [-0.2, 0) is 17.8 Å². The van der Waals surface area contributed by atoms with E-state index in [0.717, 1.165) is 11.1 Å². The molecular formula is C18H16ClN3O2. The van der Waals surface area contributed by atoms with Crippen molar-refractivity contribution in [1.29, 1.82) is 0 Å². The number of halogens is 1. The summed E-state index contributed by atoms with van der Waals surface area (Å²) >= 11 is 6.09. The summed E-state index contributed by atoms with van der Waals surface area (Å²) in [5.41, 5.74) is 1.67. The number of hydrogen-bond acceptors (Lipinski definition) is 4. The number of amides is 1. The molecule has 1 heterocycles. The molecule has 3 rings (SSSR count). The summed E-state index contributed by atoms with van der Waals surface area (Å²) in [4.78, 5) is 18.2. The lowest BCUT2D eigenvalue weighted by molar-refractivity contribution is -0.130. The first-order valence-corrected chi connectivity index (χ1v) is 7.86. The third-order valence-corrected chi connectivity index (χ3v) is 3.97. The van der Waals surface area contributed by atoms with Crippen LogP contribution >= 0.6 is 11.6 Å². The Morgan fingerprint density at radius 1 is 1.12 bits per heavy atom. The largest absolute Gasteiger partial charge is 0.337 e. The van der Waals surface area contributed by atoms with Gasteiger partial charge in [0.1, 0.15) is 0 Å². The molecule has 1 amide bonds. The Kier molecular flexibility index (Phi) is 4.91. The third-order valence-electron chi connectivity index (χ3n) is 3.60. The maximum absolute atomic E-state index is 12.3. The van der Waals surface area contributed by atoms with Gasteiger partial charge in [0.05, 0.1) is 13.0 Å². The van der Waals surface area contributed by atoms with Gasteiger partial charge >= 0.3 is 0 Å². The highest BCUT2D eigenvalue weighted by molar-refractivity contribution is 6.31. The van der Waals surface area contributed by atoms with E-state index in [4.69, 9.17) is 16.1 Å². The van der Waals surface area contributed by atoms with Crippen LogP contribution in [0.2, 0.25) is 5.02 Å². The lowest BCUT2D eigenvalue weighted by Gasteiger charge is -2.15. The van der Waals surface area contributed by atoms with Gasteiger partial charge in [0, 0.05) is 17.6 Å². The third kappa shape index (κ3) is 3.81. The SMILES string of the molecule is CN(Cc1nc(-c2ccccc2)no1)C(=O)Cc1ccccc1Cl. The van der Waals surface area contributed by atoms with Crippen LogP contribution < -0.4 is 0 Å². The van der Waals surface area contributed by atoms with E-state index in [1.807, 2.05) is 48.5 Å². The first kappa shape index (κ1) is 16.2. The smallest absolute Gasteiger partial charge is 0.246 e. The summed E-state index contributed by atoms with van der Waals surface area (Å²) in [5, 5.41) is 4.54. The molecule has 0 saturated heterocycles. The maximum atomic E-state index is 12.3. The molecule has 0 aliphatic rings. The monoisotopic (exact) mass is 341 g/mol. The summed E-state index contributed by atoms with van der Waals surface area (Å²) in [6.45, 7) is 0.253. The Balaban J connectivity index is 1.65. The fourth-order valence-electron chi connectivity index (χ4n) is 2.25. The van der Waals surface area contributed by atoms with Crippen LogP contribution in [0.3, 0.4) is 0 Å². The minimum atomic E-state index is -0.0671. The number of nitrogens with zero attached hydrogens (tertiary/aromatic N) is 3. The predicted molar refractivity (Wildman–Crippen MR) is 91.4 cm³/mol. The number of hydrogen-bond donors (Lipinski definition) is 0. The molecule has 1 aromatic heterocycles. The molecular weight excluding hydrogens is 326 g/mol. The molecule has 0 radical (unpaired) electrons. The van der Waals surface area contributed by atoms with E-state index in [-0.39, 0.29) is 18.9 Å². The zero-order chi connectivity index (χ0) is 16.9. The van der Waals surface area contributed by atoms with Crippen molar-refractivity contribution in [2.45, 2.75) is 13.0 Å². The second-order valence-corrected chi connectivity index (χ2v) is 5.80. The molecule has 0 fully saturated rings. The van der Waals surface area contributed by atoms with Gasteiger partial charge in [0.2, 0.25) is 17.6 Å². The Morgan fingerprint density at radius 3 is 2.58 bits per heavy atom. The lowest BCUT2D eigenvalue weighted by atomic mass is 10.1. The molecule has 0 bridgehead atoms. The fraction of sp³-hybridized carbons (Fsp3) is 0.167. The molecule has 122 valence electrons. The molecule has 0 aliphatic carbocycles. The van der Waals surface area contributed by atoms with E-state index in [1.54, 1.807) is 18.0 Å². The standard InChI is InChI=1S/C18H16ClN3O2/c1-22(17(23)11-14-9-5-6-10-15(14)19)12-16-20-18(21-24-16)13-7-3-2-4-8-13/h2-10H,11-12H2,1H3. The van der Waals surface area contributed by atoms with Crippen molar-refractivity contribution in [1.82, 2.24) is 15.0 Å². The Bertz CT molecular complexity index is 833. The Labute approximate surface area is 144 Å². The van der Waals surface area contributed by atoms with E-state index in [2.05, 4.69) is 10.1 Å². The Morgan fingerprint density at radius 2 is 1.83 bits per heavy atom. The minimum Gasteiger partial charge on any atom is -0.337 e. The molecule has 0 atom stereocenters. The number of aromatic nitrogens is 2. The molecule has 5 nitrogen and oxygen atoms in total. The normalized spacial score (nSPS) is 10.6. The molecule has 0 N–H and O–H groups in total. The van der Waals surface area contributed by atoms with Gasteiger partial charge in [-0.15, -0.1) is 0 Å². The van der Waals surface area contributed by atoms with E-state index >= 15 is 0 Å². The predicted octanol–water partition coefficient (Wildman–Crippen LogP) is 3.59. The second-order valence-electron chi connectivity index (χ2n) is 5.40.